The molecule has 3 heterocycles. The molecule has 0 fully saturated rings. The van der Waals surface area contributed by atoms with Gasteiger partial charge in [-0.25, -0.2) is 9.67 Å². The van der Waals surface area contributed by atoms with Crippen molar-refractivity contribution in [3.05, 3.63) is 83.3 Å². The Morgan fingerprint density at radius 2 is 1.93 bits per heavy atom. The zero-order valence-electron chi connectivity index (χ0n) is 14.4. The summed E-state index contributed by atoms with van der Waals surface area (Å²) in [4.78, 5) is 17.0. The fraction of sp³-hybridized carbons (Fsp3) is 0.0500. The predicted molar refractivity (Wildman–Crippen MR) is 103 cm³/mol. The summed E-state index contributed by atoms with van der Waals surface area (Å²) < 4.78 is 7.15. The number of nitrogens with zero attached hydrogens (tertiary/aromatic N) is 3. The molecule has 0 radical (unpaired) electrons. The summed E-state index contributed by atoms with van der Waals surface area (Å²) in [6.45, 7) is 1.86. The molecule has 6 nitrogen and oxygen atoms in total. The number of amides is 1. The Morgan fingerprint density at radius 3 is 2.63 bits per heavy atom. The molecule has 0 saturated carbocycles. The minimum atomic E-state index is -0.353. The topological polar surface area (TPSA) is 73.0 Å². The van der Waals surface area contributed by atoms with Gasteiger partial charge in [-0.15, -0.1) is 0 Å². The van der Waals surface area contributed by atoms with Gasteiger partial charge in [0.2, 0.25) is 0 Å². The Labute approximate surface area is 160 Å². The van der Waals surface area contributed by atoms with Crippen molar-refractivity contribution in [3.8, 4) is 17.1 Å². The highest BCUT2D eigenvalue weighted by atomic mass is 35.5. The van der Waals surface area contributed by atoms with Crippen LogP contribution in [0.25, 0.3) is 17.1 Å². The van der Waals surface area contributed by atoms with E-state index in [1.165, 1.54) is 0 Å². The molecule has 0 spiro atoms. The average Bonchev–Trinajstić information content (AvgIpc) is 3.32. The maximum atomic E-state index is 12.7. The minimum Gasteiger partial charge on any atom is -0.463 e. The van der Waals surface area contributed by atoms with Crippen LogP contribution in [0.5, 0.6) is 0 Å². The molecule has 0 aliphatic carbocycles. The van der Waals surface area contributed by atoms with Crippen LogP contribution < -0.4 is 5.32 Å². The van der Waals surface area contributed by atoms with E-state index in [1.54, 1.807) is 41.3 Å². The molecule has 3 aromatic heterocycles. The molecule has 7 heteroatoms. The van der Waals surface area contributed by atoms with Gasteiger partial charge in [-0.1, -0.05) is 17.7 Å². The van der Waals surface area contributed by atoms with E-state index in [4.69, 9.17) is 16.0 Å². The second-order valence-corrected chi connectivity index (χ2v) is 6.34. The number of aryl methyl sites for hydroxylation is 1. The lowest BCUT2D eigenvalue weighted by Crippen LogP contribution is -2.14. The van der Waals surface area contributed by atoms with Gasteiger partial charge in [0.25, 0.3) is 5.91 Å². The molecule has 4 rings (SSSR count). The van der Waals surface area contributed by atoms with Crippen LogP contribution in [0.3, 0.4) is 0 Å². The van der Waals surface area contributed by atoms with Gasteiger partial charge >= 0.3 is 0 Å². The second kappa shape index (κ2) is 7.09. The maximum Gasteiger partial charge on any atom is 0.277 e. The summed E-state index contributed by atoms with van der Waals surface area (Å²) in [7, 11) is 0. The number of hydrogen-bond acceptors (Lipinski definition) is 4. The molecule has 0 aliphatic rings. The van der Waals surface area contributed by atoms with Gasteiger partial charge < -0.3 is 9.73 Å². The Balaban J connectivity index is 1.72. The summed E-state index contributed by atoms with van der Waals surface area (Å²) in [6, 6.07) is 17.9. The first-order valence-corrected chi connectivity index (χ1v) is 8.63. The van der Waals surface area contributed by atoms with Crippen molar-refractivity contribution in [2.75, 3.05) is 5.32 Å². The monoisotopic (exact) mass is 378 g/mol. The van der Waals surface area contributed by atoms with Gasteiger partial charge in [0.1, 0.15) is 11.5 Å². The fourth-order valence-electron chi connectivity index (χ4n) is 2.66. The lowest BCUT2D eigenvalue weighted by Gasteiger charge is -2.05. The van der Waals surface area contributed by atoms with Gasteiger partial charge in [-0.3, -0.25) is 4.79 Å². The van der Waals surface area contributed by atoms with Crippen LogP contribution in [0, 0.1) is 6.92 Å². The van der Waals surface area contributed by atoms with Gasteiger partial charge in [-0.05, 0) is 55.5 Å². The number of furan rings is 1. The number of anilines is 1. The number of carbonyl (C=O) groups excluding carboxylic acids is 1. The van der Waals surface area contributed by atoms with Crippen LogP contribution in [-0.4, -0.2) is 20.7 Å². The number of aromatic nitrogens is 3. The molecule has 4 aromatic rings. The van der Waals surface area contributed by atoms with E-state index < -0.39 is 0 Å². The Hall–Kier alpha value is -3.38. The highest BCUT2D eigenvalue weighted by Gasteiger charge is 2.18. The first-order valence-electron chi connectivity index (χ1n) is 8.25. The van der Waals surface area contributed by atoms with Gasteiger partial charge in [0, 0.05) is 16.8 Å². The molecule has 1 N–H and O–H groups in total. The summed E-state index contributed by atoms with van der Waals surface area (Å²) in [5, 5.41) is 7.85. The van der Waals surface area contributed by atoms with E-state index in [1.807, 2.05) is 37.3 Å². The highest BCUT2D eigenvalue weighted by molar-refractivity contribution is 6.30. The third-order valence-corrected chi connectivity index (χ3v) is 4.17. The standard InChI is InChI=1S/C20H15ClN4O2/c1-13-4-2-6-19(22-13)23-20(26)16-12-17(18-5-3-11-27-18)25(24-16)15-9-7-14(21)8-10-15/h2-12H,1H3,(H,22,23,26). The molecule has 0 saturated heterocycles. The van der Waals surface area contributed by atoms with Crippen molar-refractivity contribution >= 4 is 23.3 Å². The number of carbonyl (C=O) groups is 1. The summed E-state index contributed by atoms with van der Waals surface area (Å²) in [5.74, 6) is 0.722. The number of benzene rings is 1. The van der Waals surface area contributed by atoms with Crippen LogP contribution in [-0.2, 0) is 0 Å². The lowest BCUT2D eigenvalue weighted by molar-refractivity contribution is 0.102. The highest BCUT2D eigenvalue weighted by Crippen LogP contribution is 2.25. The van der Waals surface area contributed by atoms with Gasteiger partial charge in [0.15, 0.2) is 11.5 Å². The molecule has 134 valence electrons. The number of pyridine rings is 1. The predicted octanol–water partition coefficient (Wildman–Crippen LogP) is 4.74. The Bertz CT molecular complexity index is 1090. The SMILES string of the molecule is Cc1cccc(NC(=O)c2cc(-c3ccco3)n(-c3ccc(Cl)cc3)n2)n1. The molecule has 1 aromatic carbocycles. The normalized spacial score (nSPS) is 10.7. The van der Waals surface area contributed by atoms with Crippen molar-refractivity contribution in [1.29, 1.82) is 0 Å². The zero-order valence-corrected chi connectivity index (χ0v) is 15.1. The second-order valence-electron chi connectivity index (χ2n) is 5.90. The van der Waals surface area contributed by atoms with E-state index >= 15 is 0 Å². The largest absolute Gasteiger partial charge is 0.463 e. The summed E-state index contributed by atoms with van der Waals surface area (Å²) in [6.07, 6.45) is 1.57. The third kappa shape index (κ3) is 3.61. The van der Waals surface area contributed by atoms with Gasteiger partial charge in [0.05, 0.1) is 12.0 Å². The number of nitrogens with one attached hydrogen (secondary N) is 1. The van der Waals surface area contributed by atoms with Crippen molar-refractivity contribution in [2.24, 2.45) is 0 Å². The number of halogens is 1. The summed E-state index contributed by atoms with van der Waals surface area (Å²) in [5.41, 5.74) is 2.48. The summed E-state index contributed by atoms with van der Waals surface area (Å²) >= 11 is 5.98. The maximum absolute atomic E-state index is 12.7. The van der Waals surface area contributed by atoms with Gasteiger partial charge in [-0.2, -0.15) is 5.10 Å². The van der Waals surface area contributed by atoms with Crippen LogP contribution >= 0.6 is 11.6 Å². The van der Waals surface area contributed by atoms with E-state index in [9.17, 15) is 4.79 Å². The van der Waals surface area contributed by atoms with Crippen molar-refractivity contribution in [1.82, 2.24) is 14.8 Å². The lowest BCUT2D eigenvalue weighted by atomic mass is 10.2. The average molecular weight is 379 g/mol. The van der Waals surface area contributed by atoms with Crippen LogP contribution in [0.15, 0.2) is 71.3 Å². The molecule has 0 aliphatic heterocycles. The molecule has 0 atom stereocenters. The van der Waals surface area contributed by atoms with E-state index in [2.05, 4.69) is 15.4 Å². The Morgan fingerprint density at radius 1 is 1.11 bits per heavy atom. The first-order chi connectivity index (χ1) is 13.1. The zero-order chi connectivity index (χ0) is 18.8. The smallest absolute Gasteiger partial charge is 0.277 e. The first kappa shape index (κ1) is 17.1. The molecular formula is C20H15ClN4O2. The molecule has 27 heavy (non-hydrogen) atoms. The van der Waals surface area contributed by atoms with Crippen molar-refractivity contribution in [3.63, 3.8) is 0 Å². The minimum absolute atomic E-state index is 0.250. The quantitative estimate of drug-likeness (QED) is 0.556. The van der Waals surface area contributed by atoms with Crippen LogP contribution in [0.1, 0.15) is 16.2 Å². The van der Waals surface area contributed by atoms with E-state index in [0.29, 0.717) is 22.3 Å². The molecule has 0 unspecified atom stereocenters. The molecular weight excluding hydrogens is 364 g/mol. The van der Waals surface area contributed by atoms with E-state index in [-0.39, 0.29) is 11.6 Å². The fourth-order valence-corrected chi connectivity index (χ4v) is 2.79. The van der Waals surface area contributed by atoms with Crippen LogP contribution in [0.4, 0.5) is 5.82 Å². The number of rotatable bonds is 4. The Kier molecular flexibility index (Phi) is 4.48. The molecule has 1 amide bonds. The number of hydrogen-bond donors (Lipinski definition) is 1. The molecule has 0 bridgehead atoms. The third-order valence-electron chi connectivity index (χ3n) is 3.92. The van der Waals surface area contributed by atoms with Crippen LogP contribution in [0.2, 0.25) is 5.02 Å². The van der Waals surface area contributed by atoms with Crippen molar-refractivity contribution in [2.45, 2.75) is 6.92 Å². The van der Waals surface area contributed by atoms with Crippen molar-refractivity contribution < 1.29 is 9.21 Å². The van der Waals surface area contributed by atoms with E-state index in [0.717, 1.165) is 11.4 Å².